The summed E-state index contributed by atoms with van der Waals surface area (Å²) >= 11 is 0. The average molecular weight is 309 g/mol. The maximum Gasteiger partial charge on any atom is 0.435 e. The molecule has 9 heteroatoms. The van der Waals surface area contributed by atoms with Crippen molar-refractivity contribution in [1.82, 2.24) is 9.78 Å². The van der Waals surface area contributed by atoms with Crippen LogP contribution in [0.3, 0.4) is 0 Å². The number of nitrogens with two attached hydrogens (primary N) is 1. The van der Waals surface area contributed by atoms with Crippen LogP contribution in [-0.4, -0.2) is 9.78 Å². The second kappa shape index (κ2) is 4.68. The van der Waals surface area contributed by atoms with Crippen molar-refractivity contribution in [3.63, 3.8) is 0 Å². The number of anilines is 1. The zero-order chi connectivity index (χ0) is 16.0. The van der Waals surface area contributed by atoms with Gasteiger partial charge in [0.1, 0.15) is 5.82 Å². The van der Waals surface area contributed by atoms with Gasteiger partial charge in [-0.25, -0.2) is 0 Å². The Morgan fingerprint density at radius 1 is 1.05 bits per heavy atom. The lowest BCUT2D eigenvalue weighted by atomic mass is 10.0. The first-order valence-corrected chi connectivity index (χ1v) is 5.59. The molecule has 1 aromatic carbocycles. The van der Waals surface area contributed by atoms with Crippen LogP contribution in [0.1, 0.15) is 11.3 Å². The van der Waals surface area contributed by atoms with E-state index in [1.54, 1.807) is 0 Å². The van der Waals surface area contributed by atoms with E-state index >= 15 is 0 Å². The molecule has 2 N–H and O–H groups in total. The predicted molar refractivity (Wildman–Crippen MR) is 63.1 cm³/mol. The molecule has 3 nitrogen and oxygen atoms in total. The number of aromatic nitrogens is 2. The van der Waals surface area contributed by atoms with Gasteiger partial charge >= 0.3 is 12.4 Å². The number of benzene rings is 1. The standard InChI is InChI=1S/C12H9F6N3/c1-21-10(19)8(9(20-21)12(16,17)18)6-3-2-4-7(5-6)11(13,14)15/h2-5H,19H2,1H3. The first kappa shape index (κ1) is 15.2. The Balaban J connectivity index is 2.68. The summed E-state index contributed by atoms with van der Waals surface area (Å²) in [4.78, 5) is 0. The Morgan fingerprint density at radius 3 is 2.19 bits per heavy atom. The van der Waals surface area contributed by atoms with Crippen molar-refractivity contribution < 1.29 is 26.3 Å². The highest BCUT2D eigenvalue weighted by atomic mass is 19.4. The van der Waals surface area contributed by atoms with Crippen molar-refractivity contribution in [2.75, 3.05) is 5.73 Å². The molecule has 0 radical (unpaired) electrons. The van der Waals surface area contributed by atoms with Crippen LogP contribution in [0.4, 0.5) is 32.2 Å². The van der Waals surface area contributed by atoms with E-state index in [0.29, 0.717) is 6.07 Å². The topological polar surface area (TPSA) is 43.8 Å². The van der Waals surface area contributed by atoms with E-state index in [2.05, 4.69) is 5.10 Å². The Bertz CT molecular complexity index is 669. The minimum Gasteiger partial charge on any atom is -0.383 e. The molecule has 0 saturated heterocycles. The molecule has 2 rings (SSSR count). The van der Waals surface area contributed by atoms with E-state index in [9.17, 15) is 26.3 Å². The highest BCUT2D eigenvalue weighted by Crippen LogP contribution is 2.41. The summed E-state index contributed by atoms with van der Waals surface area (Å²) < 4.78 is 77.4. The molecule has 114 valence electrons. The SMILES string of the molecule is Cn1nc(C(F)(F)F)c(-c2cccc(C(F)(F)F)c2)c1N. The predicted octanol–water partition coefficient (Wildman–Crippen LogP) is 3.71. The summed E-state index contributed by atoms with van der Waals surface area (Å²) in [6.07, 6.45) is -9.48. The van der Waals surface area contributed by atoms with Gasteiger partial charge in [-0.2, -0.15) is 31.4 Å². The van der Waals surface area contributed by atoms with Gasteiger partial charge in [0.25, 0.3) is 0 Å². The number of alkyl halides is 6. The van der Waals surface area contributed by atoms with Gasteiger partial charge < -0.3 is 5.73 Å². The number of halogens is 6. The summed E-state index contributed by atoms with van der Waals surface area (Å²) in [7, 11) is 1.18. The Kier molecular flexibility index (Phi) is 3.38. The van der Waals surface area contributed by atoms with Crippen LogP contribution in [0.5, 0.6) is 0 Å². The summed E-state index contributed by atoms with van der Waals surface area (Å²) in [6.45, 7) is 0. The van der Waals surface area contributed by atoms with E-state index in [0.717, 1.165) is 22.9 Å². The van der Waals surface area contributed by atoms with Crippen molar-refractivity contribution in [3.8, 4) is 11.1 Å². The summed E-state index contributed by atoms with van der Waals surface area (Å²) in [6, 6.07) is 3.52. The van der Waals surface area contributed by atoms with Crippen LogP contribution in [0.25, 0.3) is 11.1 Å². The largest absolute Gasteiger partial charge is 0.435 e. The van der Waals surface area contributed by atoms with Crippen molar-refractivity contribution in [1.29, 1.82) is 0 Å². The molecular weight excluding hydrogens is 300 g/mol. The fourth-order valence-corrected chi connectivity index (χ4v) is 1.87. The number of nitrogen functional groups attached to an aromatic ring is 1. The van der Waals surface area contributed by atoms with Gasteiger partial charge in [-0.15, -0.1) is 0 Å². The molecule has 0 aliphatic rings. The molecule has 1 heterocycles. The van der Waals surface area contributed by atoms with E-state index < -0.39 is 29.2 Å². The van der Waals surface area contributed by atoms with E-state index in [-0.39, 0.29) is 11.4 Å². The highest BCUT2D eigenvalue weighted by molar-refractivity contribution is 5.77. The summed E-state index contributed by atoms with van der Waals surface area (Å²) in [5.74, 6) is -0.360. The van der Waals surface area contributed by atoms with Gasteiger partial charge in [0.05, 0.1) is 11.1 Å². The van der Waals surface area contributed by atoms with Crippen LogP contribution < -0.4 is 5.73 Å². The molecule has 0 aliphatic heterocycles. The molecule has 0 saturated carbocycles. The number of aryl methyl sites for hydroxylation is 1. The molecule has 0 aliphatic carbocycles. The van der Waals surface area contributed by atoms with Gasteiger partial charge in [-0.3, -0.25) is 4.68 Å². The third-order valence-electron chi connectivity index (χ3n) is 2.84. The lowest BCUT2D eigenvalue weighted by Gasteiger charge is -2.10. The summed E-state index contributed by atoms with van der Waals surface area (Å²) in [5, 5.41) is 3.24. The second-order valence-electron chi connectivity index (χ2n) is 4.31. The zero-order valence-electron chi connectivity index (χ0n) is 10.5. The maximum absolute atomic E-state index is 12.9. The van der Waals surface area contributed by atoms with Gasteiger partial charge in [0.15, 0.2) is 5.69 Å². The van der Waals surface area contributed by atoms with Gasteiger partial charge in [0.2, 0.25) is 0 Å². The molecule has 21 heavy (non-hydrogen) atoms. The molecule has 0 bridgehead atoms. The van der Waals surface area contributed by atoms with E-state index in [1.165, 1.54) is 7.05 Å². The first-order valence-electron chi connectivity index (χ1n) is 5.59. The summed E-state index contributed by atoms with van der Waals surface area (Å²) in [5.41, 5.74) is 2.29. The van der Waals surface area contributed by atoms with Crippen molar-refractivity contribution in [3.05, 3.63) is 35.5 Å². The quantitative estimate of drug-likeness (QED) is 0.816. The molecule has 0 amide bonds. The molecule has 0 unspecified atom stereocenters. The lowest BCUT2D eigenvalue weighted by molar-refractivity contribution is -0.141. The Hall–Kier alpha value is -2.19. The Morgan fingerprint density at radius 2 is 1.67 bits per heavy atom. The van der Waals surface area contributed by atoms with Crippen LogP contribution in [0.15, 0.2) is 24.3 Å². The van der Waals surface area contributed by atoms with E-state index in [1.807, 2.05) is 0 Å². The number of hydrogen-bond acceptors (Lipinski definition) is 2. The third-order valence-corrected chi connectivity index (χ3v) is 2.84. The lowest BCUT2D eigenvalue weighted by Crippen LogP contribution is -2.09. The van der Waals surface area contributed by atoms with Crippen LogP contribution in [0.2, 0.25) is 0 Å². The van der Waals surface area contributed by atoms with Crippen LogP contribution in [-0.2, 0) is 19.4 Å². The normalized spacial score (nSPS) is 12.7. The highest BCUT2D eigenvalue weighted by Gasteiger charge is 2.39. The van der Waals surface area contributed by atoms with Gasteiger partial charge in [-0.05, 0) is 17.7 Å². The minimum atomic E-state index is -4.82. The fraction of sp³-hybridized carbons (Fsp3) is 0.250. The molecule has 0 spiro atoms. The van der Waals surface area contributed by atoms with Crippen LogP contribution in [0, 0.1) is 0 Å². The molecule has 2 aromatic rings. The monoisotopic (exact) mass is 309 g/mol. The number of rotatable bonds is 1. The molecule has 1 aromatic heterocycles. The molecular formula is C12H9F6N3. The van der Waals surface area contributed by atoms with Crippen molar-refractivity contribution in [2.24, 2.45) is 7.05 Å². The van der Waals surface area contributed by atoms with Crippen molar-refractivity contribution in [2.45, 2.75) is 12.4 Å². The second-order valence-corrected chi connectivity index (χ2v) is 4.31. The molecule has 0 fully saturated rings. The third kappa shape index (κ3) is 2.81. The van der Waals surface area contributed by atoms with E-state index in [4.69, 9.17) is 5.73 Å². The smallest absolute Gasteiger partial charge is 0.383 e. The first-order chi connectivity index (χ1) is 9.51. The van der Waals surface area contributed by atoms with Crippen LogP contribution >= 0.6 is 0 Å². The number of nitrogens with zero attached hydrogens (tertiary/aromatic N) is 2. The fourth-order valence-electron chi connectivity index (χ4n) is 1.87. The van der Waals surface area contributed by atoms with Crippen molar-refractivity contribution >= 4 is 5.82 Å². The minimum absolute atomic E-state index is 0.289. The average Bonchev–Trinajstić information content (AvgIpc) is 2.65. The maximum atomic E-state index is 12.9. The molecule has 0 atom stereocenters. The van der Waals surface area contributed by atoms with Gasteiger partial charge in [0, 0.05) is 7.05 Å². The van der Waals surface area contributed by atoms with Gasteiger partial charge in [-0.1, -0.05) is 12.1 Å². The number of hydrogen-bond donors (Lipinski definition) is 1. The zero-order valence-corrected chi connectivity index (χ0v) is 10.5. The Labute approximate surface area is 115 Å².